The molecule has 1 unspecified atom stereocenters. The first-order valence-electron chi connectivity index (χ1n) is 6.41. The van der Waals surface area contributed by atoms with Gasteiger partial charge >= 0.3 is 5.97 Å². The van der Waals surface area contributed by atoms with Gasteiger partial charge in [0.25, 0.3) is 0 Å². The van der Waals surface area contributed by atoms with Gasteiger partial charge in [-0.15, -0.1) is 0 Å². The molecule has 0 heterocycles. The molecule has 0 aliphatic heterocycles. The highest BCUT2D eigenvalue weighted by molar-refractivity contribution is 5.76. The van der Waals surface area contributed by atoms with Crippen LogP contribution in [0.5, 0.6) is 11.5 Å². The number of rotatable bonds is 6. The van der Waals surface area contributed by atoms with E-state index in [1.165, 1.54) is 12.1 Å². The SMILES string of the molecule is CCCC(C)OC(=O)[C@@H](N)Cc1ccc(O)c(O)c1. The molecule has 0 saturated heterocycles. The van der Waals surface area contributed by atoms with E-state index in [1.807, 2.05) is 13.8 Å². The van der Waals surface area contributed by atoms with Crippen LogP contribution in [0.3, 0.4) is 0 Å². The van der Waals surface area contributed by atoms with Crippen LogP contribution < -0.4 is 5.73 Å². The summed E-state index contributed by atoms with van der Waals surface area (Å²) in [5.41, 5.74) is 6.43. The van der Waals surface area contributed by atoms with E-state index in [9.17, 15) is 15.0 Å². The molecule has 106 valence electrons. The first-order chi connectivity index (χ1) is 8.93. The lowest BCUT2D eigenvalue weighted by Crippen LogP contribution is -2.36. The normalized spacial score (nSPS) is 13.8. The Morgan fingerprint density at radius 1 is 1.37 bits per heavy atom. The molecule has 1 aromatic carbocycles. The maximum Gasteiger partial charge on any atom is 0.323 e. The Bertz CT molecular complexity index is 433. The van der Waals surface area contributed by atoms with Crippen molar-refractivity contribution in [1.29, 1.82) is 0 Å². The van der Waals surface area contributed by atoms with Crippen LogP contribution in [0.15, 0.2) is 18.2 Å². The second-order valence-corrected chi connectivity index (χ2v) is 4.67. The molecule has 0 saturated carbocycles. The number of phenolic OH excluding ortho intramolecular Hbond substituents is 2. The van der Waals surface area contributed by atoms with Crippen molar-refractivity contribution >= 4 is 5.97 Å². The average molecular weight is 267 g/mol. The standard InChI is InChI=1S/C14H21NO4/c1-3-4-9(2)19-14(18)11(15)7-10-5-6-12(16)13(17)8-10/h5-6,8-9,11,16-17H,3-4,7,15H2,1-2H3/t9?,11-/m0/s1. The maximum atomic E-state index is 11.7. The van der Waals surface area contributed by atoms with Crippen molar-refractivity contribution in [2.24, 2.45) is 5.73 Å². The number of carbonyl (C=O) groups excluding carboxylic acids is 1. The second-order valence-electron chi connectivity index (χ2n) is 4.67. The number of phenols is 2. The largest absolute Gasteiger partial charge is 0.504 e. The molecular weight excluding hydrogens is 246 g/mol. The molecule has 1 rings (SSSR count). The topological polar surface area (TPSA) is 92.8 Å². The van der Waals surface area contributed by atoms with E-state index in [4.69, 9.17) is 10.5 Å². The molecule has 0 aliphatic rings. The van der Waals surface area contributed by atoms with Crippen LogP contribution in [-0.2, 0) is 16.0 Å². The van der Waals surface area contributed by atoms with Gasteiger partial charge in [0.2, 0.25) is 0 Å². The summed E-state index contributed by atoms with van der Waals surface area (Å²) in [4.78, 5) is 11.7. The van der Waals surface area contributed by atoms with Crippen LogP contribution in [-0.4, -0.2) is 28.3 Å². The molecule has 19 heavy (non-hydrogen) atoms. The third kappa shape index (κ3) is 4.79. The van der Waals surface area contributed by atoms with Gasteiger partial charge in [-0.1, -0.05) is 19.4 Å². The van der Waals surface area contributed by atoms with Gasteiger partial charge in [0.15, 0.2) is 11.5 Å². The minimum atomic E-state index is -0.775. The third-order valence-corrected chi connectivity index (χ3v) is 2.81. The Balaban J connectivity index is 2.56. The number of ether oxygens (including phenoxy) is 1. The van der Waals surface area contributed by atoms with Gasteiger partial charge in [0.05, 0.1) is 6.10 Å². The molecule has 2 atom stereocenters. The number of benzene rings is 1. The summed E-state index contributed by atoms with van der Waals surface area (Å²) in [6, 6.07) is 3.58. The fourth-order valence-corrected chi connectivity index (χ4v) is 1.78. The Morgan fingerprint density at radius 2 is 2.05 bits per heavy atom. The number of carbonyl (C=O) groups is 1. The number of hydrogen-bond acceptors (Lipinski definition) is 5. The third-order valence-electron chi connectivity index (χ3n) is 2.81. The number of aromatic hydroxyl groups is 2. The lowest BCUT2D eigenvalue weighted by Gasteiger charge is -2.16. The highest BCUT2D eigenvalue weighted by atomic mass is 16.5. The zero-order valence-corrected chi connectivity index (χ0v) is 11.3. The Kier molecular flexibility index (Phi) is 5.63. The second kappa shape index (κ2) is 6.99. The van der Waals surface area contributed by atoms with Gasteiger partial charge < -0.3 is 20.7 Å². The summed E-state index contributed by atoms with van der Waals surface area (Å²) in [5.74, 6) is -0.873. The van der Waals surface area contributed by atoms with Crippen molar-refractivity contribution in [3.63, 3.8) is 0 Å². The first-order valence-corrected chi connectivity index (χ1v) is 6.41. The maximum absolute atomic E-state index is 11.7. The van der Waals surface area contributed by atoms with Gasteiger partial charge in [-0.2, -0.15) is 0 Å². The summed E-state index contributed by atoms with van der Waals surface area (Å²) < 4.78 is 5.20. The molecule has 0 radical (unpaired) electrons. The fourth-order valence-electron chi connectivity index (χ4n) is 1.78. The first kappa shape index (κ1) is 15.3. The van der Waals surface area contributed by atoms with E-state index < -0.39 is 12.0 Å². The van der Waals surface area contributed by atoms with Gasteiger partial charge in [-0.05, 0) is 37.5 Å². The zero-order chi connectivity index (χ0) is 14.4. The van der Waals surface area contributed by atoms with Crippen molar-refractivity contribution < 1.29 is 19.7 Å². The number of hydrogen-bond donors (Lipinski definition) is 3. The van der Waals surface area contributed by atoms with Crippen molar-refractivity contribution in [1.82, 2.24) is 0 Å². The molecule has 0 aromatic heterocycles. The molecular formula is C14H21NO4. The molecule has 0 amide bonds. The number of esters is 1. The molecule has 5 heteroatoms. The predicted molar refractivity (Wildman–Crippen MR) is 71.9 cm³/mol. The van der Waals surface area contributed by atoms with Crippen molar-refractivity contribution in [3.05, 3.63) is 23.8 Å². The quantitative estimate of drug-likeness (QED) is 0.539. The van der Waals surface area contributed by atoms with Gasteiger partial charge in [-0.3, -0.25) is 4.79 Å². The lowest BCUT2D eigenvalue weighted by molar-refractivity contribution is -0.150. The van der Waals surface area contributed by atoms with E-state index >= 15 is 0 Å². The van der Waals surface area contributed by atoms with Crippen LogP contribution in [0.2, 0.25) is 0 Å². The van der Waals surface area contributed by atoms with Crippen LogP contribution >= 0.6 is 0 Å². The highest BCUT2D eigenvalue weighted by Crippen LogP contribution is 2.25. The predicted octanol–water partition coefficient (Wildman–Crippen LogP) is 1.70. The Labute approximate surface area is 113 Å². The summed E-state index contributed by atoms with van der Waals surface area (Å²) in [6.45, 7) is 3.85. The monoisotopic (exact) mass is 267 g/mol. The lowest BCUT2D eigenvalue weighted by atomic mass is 10.1. The summed E-state index contributed by atoms with van der Waals surface area (Å²) in [5, 5.41) is 18.6. The minimum absolute atomic E-state index is 0.142. The molecule has 5 nitrogen and oxygen atoms in total. The van der Waals surface area contributed by atoms with Crippen molar-refractivity contribution in [2.75, 3.05) is 0 Å². The summed E-state index contributed by atoms with van der Waals surface area (Å²) in [6.07, 6.45) is 1.86. The molecule has 0 aliphatic carbocycles. The van der Waals surface area contributed by atoms with Crippen LogP contribution in [0, 0.1) is 0 Å². The molecule has 1 aromatic rings. The minimum Gasteiger partial charge on any atom is -0.504 e. The fraction of sp³-hybridized carbons (Fsp3) is 0.500. The number of nitrogens with two attached hydrogens (primary N) is 1. The smallest absolute Gasteiger partial charge is 0.323 e. The average Bonchev–Trinajstić information content (AvgIpc) is 2.34. The van der Waals surface area contributed by atoms with E-state index in [1.54, 1.807) is 6.07 Å². The molecule has 0 bridgehead atoms. The van der Waals surface area contributed by atoms with E-state index in [-0.39, 0.29) is 24.0 Å². The molecule has 0 fully saturated rings. The van der Waals surface area contributed by atoms with Crippen molar-refractivity contribution in [3.8, 4) is 11.5 Å². The Morgan fingerprint density at radius 3 is 2.63 bits per heavy atom. The van der Waals surface area contributed by atoms with E-state index in [2.05, 4.69) is 0 Å². The summed E-state index contributed by atoms with van der Waals surface area (Å²) >= 11 is 0. The van der Waals surface area contributed by atoms with Crippen LogP contribution in [0.1, 0.15) is 32.3 Å². The zero-order valence-electron chi connectivity index (χ0n) is 11.3. The van der Waals surface area contributed by atoms with E-state index in [0.717, 1.165) is 12.8 Å². The molecule has 0 spiro atoms. The molecule has 4 N–H and O–H groups in total. The van der Waals surface area contributed by atoms with Crippen LogP contribution in [0.25, 0.3) is 0 Å². The van der Waals surface area contributed by atoms with Gasteiger partial charge in [-0.25, -0.2) is 0 Å². The Hall–Kier alpha value is -1.75. The van der Waals surface area contributed by atoms with Crippen molar-refractivity contribution in [2.45, 2.75) is 45.3 Å². The highest BCUT2D eigenvalue weighted by Gasteiger charge is 2.18. The van der Waals surface area contributed by atoms with E-state index in [0.29, 0.717) is 5.56 Å². The van der Waals surface area contributed by atoms with Crippen LogP contribution in [0.4, 0.5) is 0 Å². The van der Waals surface area contributed by atoms with Gasteiger partial charge in [0.1, 0.15) is 6.04 Å². The summed E-state index contributed by atoms with van der Waals surface area (Å²) in [7, 11) is 0. The van der Waals surface area contributed by atoms with Gasteiger partial charge in [0, 0.05) is 0 Å².